The Balaban J connectivity index is 2.34. The molecule has 1 atom stereocenters. The van der Waals surface area contributed by atoms with Crippen LogP contribution in [0.15, 0.2) is 0 Å². The van der Waals surface area contributed by atoms with Crippen LogP contribution in [0, 0.1) is 5.92 Å². The molecule has 0 aromatic heterocycles. The summed E-state index contributed by atoms with van der Waals surface area (Å²) in [5.74, 6) is 1.02. The van der Waals surface area contributed by atoms with Gasteiger partial charge in [0.2, 0.25) is 5.91 Å². The molecule has 0 spiro atoms. The number of amides is 3. The first-order valence-electron chi connectivity index (χ1n) is 7.03. The van der Waals surface area contributed by atoms with Crippen LogP contribution >= 0.6 is 11.8 Å². The fraction of sp³-hybridized carbons (Fsp3) is 0.846. The molecule has 1 rings (SSSR count). The van der Waals surface area contributed by atoms with E-state index in [1.54, 1.807) is 11.8 Å². The quantitative estimate of drug-likeness (QED) is 0.548. The van der Waals surface area contributed by atoms with Crippen LogP contribution in [0.4, 0.5) is 4.79 Å². The SMILES string of the molecule is CSCCC(NC(N)=O)C(=O)NCC1CCC(O)CC1. The van der Waals surface area contributed by atoms with E-state index < -0.39 is 12.1 Å². The van der Waals surface area contributed by atoms with Crippen LogP contribution in [-0.2, 0) is 4.79 Å². The smallest absolute Gasteiger partial charge is 0.312 e. The van der Waals surface area contributed by atoms with Gasteiger partial charge in [0.25, 0.3) is 0 Å². The zero-order chi connectivity index (χ0) is 15.0. The molecular formula is C13H25N3O3S. The highest BCUT2D eigenvalue weighted by Crippen LogP contribution is 2.23. The molecule has 1 unspecified atom stereocenters. The first-order chi connectivity index (χ1) is 9.52. The maximum Gasteiger partial charge on any atom is 0.312 e. The van der Waals surface area contributed by atoms with Crippen LogP contribution in [0.5, 0.6) is 0 Å². The van der Waals surface area contributed by atoms with Crippen LogP contribution in [0.3, 0.4) is 0 Å². The molecule has 20 heavy (non-hydrogen) atoms. The van der Waals surface area contributed by atoms with Crippen LogP contribution < -0.4 is 16.4 Å². The van der Waals surface area contributed by atoms with E-state index in [1.807, 2.05) is 6.26 Å². The second kappa shape index (κ2) is 9.07. The zero-order valence-electron chi connectivity index (χ0n) is 11.9. The predicted octanol–water partition coefficient (Wildman–Crippen LogP) is 0.444. The summed E-state index contributed by atoms with van der Waals surface area (Å²) >= 11 is 1.62. The van der Waals surface area contributed by atoms with E-state index in [4.69, 9.17) is 5.73 Å². The summed E-state index contributed by atoms with van der Waals surface area (Å²) in [5, 5.41) is 14.8. The standard InChI is InChI=1S/C13H25N3O3S/c1-20-7-6-11(16-13(14)19)12(18)15-8-9-2-4-10(17)5-3-9/h9-11,17H,2-8H2,1H3,(H,15,18)(H3,14,16,19). The summed E-state index contributed by atoms with van der Waals surface area (Å²) in [6.07, 6.45) is 5.80. The monoisotopic (exact) mass is 303 g/mol. The van der Waals surface area contributed by atoms with E-state index in [0.29, 0.717) is 18.9 Å². The van der Waals surface area contributed by atoms with Crippen LogP contribution in [0.1, 0.15) is 32.1 Å². The summed E-state index contributed by atoms with van der Waals surface area (Å²) in [6, 6.07) is -1.24. The van der Waals surface area contributed by atoms with E-state index in [0.717, 1.165) is 31.4 Å². The van der Waals surface area contributed by atoms with Gasteiger partial charge >= 0.3 is 6.03 Å². The number of thioether (sulfide) groups is 1. The van der Waals surface area contributed by atoms with Crippen molar-refractivity contribution in [1.29, 1.82) is 0 Å². The molecule has 1 aliphatic carbocycles. The number of nitrogens with two attached hydrogens (primary N) is 1. The van der Waals surface area contributed by atoms with Crippen molar-refractivity contribution in [2.45, 2.75) is 44.2 Å². The average Bonchev–Trinajstić information content (AvgIpc) is 2.42. The normalized spacial score (nSPS) is 23.9. The van der Waals surface area contributed by atoms with E-state index in [-0.39, 0.29) is 12.0 Å². The van der Waals surface area contributed by atoms with Crippen molar-refractivity contribution in [2.24, 2.45) is 11.7 Å². The number of hydrogen-bond donors (Lipinski definition) is 4. The Morgan fingerprint density at radius 2 is 2.00 bits per heavy atom. The van der Waals surface area contributed by atoms with Gasteiger partial charge in [-0.05, 0) is 50.0 Å². The Hall–Kier alpha value is -0.950. The molecule has 0 aromatic rings. The number of aliphatic hydroxyl groups is 1. The molecule has 5 N–H and O–H groups in total. The summed E-state index contributed by atoms with van der Waals surface area (Å²) in [4.78, 5) is 23.0. The van der Waals surface area contributed by atoms with Crippen LogP contribution in [0.25, 0.3) is 0 Å². The Kier molecular flexibility index (Phi) is 7.76. The van der Waals surface area contributed by atoms with E-state index >= 15 is 0 Å². The van der Waals surface area contributed by atoms with Gasteiger partial charge in [0.05, 0.1) is 6.10 Å². The molecule has 6 nitrogen and oxygen atoms in total. The Morgan fingerprint density at radius 1 is 1.35 bits per heavy atom. The number of nitrogens with one attached hydrogen (secondary N) is 2. The molecule has 1 saturated carbocycles. The van der Waals surface area contributed by atoms with E-state index in [1.165, 1.54) is 0 Å². The average molecular weight is 303 g/mol. The van der Waals surface area contributed by atoms with Gasteiger partial charge in [-0.3, -0.25) is 4.79 Å². The predicted molar refractivity (Wildman–Crippen MR) is 80.5 cm³/mol. The van der Waals surface area contributed by atoms with Crippen LogP contribution in [-0.4, -0.2) is 47.7 Å². The molecule has 0 bridgehead atoms. The molecule has 0 heterocycles. The number of hydrogen-bond acceptors (Lipinski definition) is 4. The van der Waals surface area contributed by atoms with Gasteiger partial charge in [-0.2, -0.15) is 11.8 Å². The summed E-state index contributed by atoms with van der Waals surface area (Å²) in [6.45, 7) is 0.599. The summed E-state index contributed by atoms with van der Waals surface area (Å²) in [7, 11) is 0. The van der Waals surface area contributed by atoms with Gasteiger partial charge in [-0.25, -0.2) is 4.79 Å². The Morgan fingerprint density at radius 3 is 2.55 bits per heavy atom. The number of rotatable bonds is 7. The number of carbonyl (C=O) groups excluding carboxylic acids is 2. The minimum absolute atomic E-state index is 0.177. The molecular weight excluding hydrogens is 278 g/mol. The first kappa shape index (κ1) is 17.1. The van der Waals surface area contributed by atoms with Crippen LogP contribution in [0.2, 0.25) is 0 Å². The fourth-order valence-corrected chi connectivity index (χ4v) is 2.86. The van der Waals surface area contributed by atoms with E-state index in [2.05, 4.69) is 10.6 Å². The topological polar surface area (TPSA) is 104 Å². The second-order valence-corrected chi connectivity index (χ2v) is 6.25. The molecule has 7 heteroatoms. The van der Waals surface area contributed by atoms with Crippen molar-refractivity contribution in [3.8, 4) is 0 Å². The van der Waals surface area contributed by atoms with Gasteiger partial charge < -0.3 is 21.5 Å². The zero-order valence-corrected chi connectivity index (χ0v) is 12.7. The van der Waals surface area contributed by atoms with Crippen molar-refractivity contribution < 1.29 is 14.7 Å². The first-order valence-corrected chi connectivity index (χ1v) is 8.43. The third-order valence-corrected chi connectivity index (χ3v) is 4.27. The lowest BCUT2D eigenvalue weighted by Gasteiger charge is -2.26. The number of aliphatic hydroxyl groups excluding tert-OH is 1. The van der Waals surface area contributed by atoms with Crippen molar-refractivity contribution in [3.05, 3.63) is 0 Å². The lowest BCUT2D eigenvalue weighted by atomic mass is 9.87. The molecule has 1 aliphatic rings. The molecule has 0 aliphatic heterocycles. The minimum Gasteiger partial charge on any atom is -0.393 e. The maximum atomic E-state index is 12.1. The second-order valence-electron chi connectivity index (χ2n) is 5.26. The van der Waals surface area contributed by atoms with Crippen molar-refractivity contribution >= 4 is 23.7 Å². The number of primary amides is 1. The van der Waals surface area contributed by atoms with Gasteiger partial charge in [0.1, 0.15) is 6.04 Å². The Labute approximate surface area is 124 Å². The lowest BCUT2D eigenvalue weighted by molar-refractivity contribution is -0.123. The lowest BCUT2D eigenvalue weighted by Crippen LogP contribution is -2.49. The third-order valence-electron chi connectivity index (χ3n) is 3.62. The van der Waals surface area contributed by atoms with Crippen molar-refractivity contribution in [2.75, 3.05) is 18.6 Å². The minimum atomic E-state index is -0.674. The number of urea groups is 1. The summed E-state index contributed by atoms with van der Waals surface area (Å²) in [5.41, 5.74) is 5.09. The highest BCUT2D eigenvalue weighted by Gasteiger charge is 2.23. The van der Waals surface area contributed by atoms with Crippen molar-refractivity contribution in [3.63, 3.8) is 0 Å². The molecule has 0 aromatic carbocycles. The molecule has 3 amide bonds. The van der Waals surface area contributed by atoms with Crippen molar-refractivity contribution in [1.82, 2.24) is 10.6 Å². The third kappa shape index (κ3) is 6.47. The fourth-order valence-electron chi connectivity index (χ4n) is 2.39. The highest BCUT2D eigenvalue weighted by atomic mass is 32.2. The molecule has 0 radical (unpaired) electrons. The van der Waals surface area contributed by atoms with Gasteiger partial charge in [0.15, 0.2) is 0 Å². The number of carbonyl (C=O) groups is 2. The largest absolute Gasteiger partial charge is 0.393 e. The molecule has 1 fully saturated rings. The van der Waals surface area contributed by atoms with Gasteiger partial charge in [-0.1, -0.05) is 0 Å². The molecule has 0 saturated heterocycles. The van der Waals surface area contributed by atoms with Gasteiger partial charge in [0, 0.05) is 6.54 Å². The Bertz CT molecular complexity index is 320. The maximum absolute atomic E-state index is 12.1. The van der Waals surface area contributed by atoms with E-state index in [9.17, 15) is 14.7 Å². The van der Waals surface area contributed by atoms with Gasteiger partial charge in [-0.15, -0.1) is 0 Å². The molecule has 116 valence electrons. The summed E-state index contributed by atoms with van der Waals surface area (Å²) < 4.78 is 0. The highest BCUT2D eigenvalue weighted by molar-refractivity contribution is 7.98.